The second kappa shape index (κ2) is 10.2. The fourth-order valence-corrected chi connectivity index (χ4v) is 6.68. The molecule has 0 saturated heterocycles. The normalized spacial score (nSPS) is 23.6. The average molecular weight is 527 g/mol. The number of phenols is 2. The van der Waals surface area contributed by atoms with Gasteiger partial charge in [-0.3, -0.25) is 0 Å². The predicted molar refractivity (Wildman–Crippen MR) is 145 cm³/mol. The SMILES string of the molecule is CON[C@@H]1CC2(CCC2)Oc2cc(C)c(O)c(C)c21.CON[C@H]1CC2(CCC2)Oc2cc(C)c(O)c(C)c21. The minimum atomic E-state index is -0.0287. The third kappa shape index (κ3) is 4.62. The first-order chi connectivity index (χ1) is 18.1. The number of aromatic hydroxyl groups is 2. The van der Waals surface area contributed by atoms with Gasteiger partial charge in [0.15, 0.2) is 0 Å². The summed E-state index contributed by atoms with van der Waals surface area (Å²) in [6.07, 6.45) is 8.67. The van der Waals surface area contributed by atoms with Crippen LogP contribution in [0.15, 0.2) is 12.1 Å². The van der Waals surface area contributed by atoms with E-state index in [1.54, 1.807) is 14.2 Å². The summed E-state index contributed by atoms with van der Waals surface area (Å²) in [5, 5.41) is 20.3. The van der Waals surface area contributed by atoms with E-state index >= 15 is 0 Å². The maximum atomic E-state index is 10.1. The van der Waals surface area contributed by atoms with Crippen LogP contribution in [-0.4, -0.2) is 35.6 Å². The summed E-state index contributed by atoms with van der Waals surface area (Å²) in [4.78, 5) is 10.3. The summed E-state index contributed by atoms with van der Waals surface area (Å²) >= 11 is 0. The number of ether oxygens (including phenoxy) is 2. The standard InChI is InChI=1S/2C15H21NO3/c2*1-9-7-12-13(10(2)14(9)17)11(16-18-3)8-15(19-12)5-4-6-15/h2*7,11,16-17H,4-6,8H2,1-3H3/t2*11-/m10/s1. The second-order valence-corrected chi connectivity index (χ2v) is 11.6. The van der Waals surface area contributed by atoms with Crippen LogP contribution in [0.25, 0.3) is 0 Å². The molecule has 2 aromatic carbocycles. The molecule has 2 atom stereocenters. The molecule has 4 N–H and O–H groups in total. The van der Waals surface area contributed by atoms with Gasteiger partial charge in [0.25, 0.3) is 0 Å². The van der Waals surface area contributed by atoms with Crippen molar-refractivity contribution in [3.63, 3.8) is 0 Å². The van der Waals surface area contributed by atoms with Gasteiger partial charge in [0.05, 0.1) is 26.3 Å². The lowest BCUT2D eigenvalue weighted by molar-refractivity contribution is -0.0603. The summed E-state index contributed by atoms with van der Waals surface area (Å²) in [5.74, 6) is 2.51. The Morgan fingerprint density at radius 2 is 1.08 bits per heavy atom. The lowest BCUT2D eigenvalue weighted by Gasteiger charge is -2.48. The number of benzene rings is 2. The molecule has 8 heteroatoms. The molecule has 38 heavy (non-hydrogen) atoms. The van der Waals surface area contributed by atoms with Gasteiger partial charge in [-0.25, -0.2) is 0 Å². The van der Waals surface area contributed by atoms with E-state index in [0.717, 1.165) is 83.4 Å². The zero-order chi connectivity index (χ0) is 27.2. The highest BCUT2D eigenvalue weighted by Crippen LogP contribution is 2.52. The number of phenolic OH excluding ortho intramolecular Hbond substituents is 2. The van der Waals surface area contributed by atoms with Gasteiger partial charge in [-0.2, -0.15) is 11.0 Å². The van der Waals surface area contributed by atoms with Crippen molar-refractivity contribution in [1.29, 1.82) is 0 Å². The Morgan fingerprint density at radius 3 is 1.37 bits per heavy atom. The van der Waals surface area contributed by atoms with Gasteiger partial charge in [-0.05, 0) is 101 Å². The molecule has 0 aromatic heterocycles. The quantitative estimate of drug-likeness (QED) is 0.370. The third-order valence-electron chi connectivity index (χ3n) is 9.04. The molecule has 2 heterocycles. The first-order valence-corrected chi connectivity index (χ1v) is 13.7. The minimum Gasteiger partial charge on any atom is -0.507 e. The minimum absolute atomic E-state index is 0.0287. The Kier molecular flexibility index (Phi) is 7.28. The third-order valence-corrected chi connectivity index (χ3v) is 9.04. The zero-order valence-corrected chi connectivity index (χ0v) is 23.5. The van der Waals surface area contributed by atoms with E-state index in [4.69, 9.17) is 19.1 Å². The number of nitrogens with one attached hydrogen (secondary N) is 2. The Labute approximate surface area is 225 Å². The molecule has 2 aliphatic carbocycles. The van der Waals surface area contributed by atoms with Crippen molar-refractivity contribution in [2.75, 3.05) is 14.2 Å². The van der Waals surface area contributed by atoms with Crippen LogP contribution in [0.2, 0.25) is 0 Å². The fourth-order valence-electron chi connectivity index (χ4n) is 6.68. The lowest BCUT2D eigenvalue weighted by atomic mass is 9.72. The number of hydrogen-bond donors (Lipinski definition) is 4. The lowest BCUT2D eigenvalue weighted by Crippen LogP contribution is -2.49. The van der Waals surface area contributed by atoms with Crippen molar-refractivity contribution >= 4 is 0 Å². The number of hydrogen-bond acceptors (Lipinski definition) is 8. The van der Waals surface area contributed by atoms with Crippen molar-refractivity contribution in [2.24, 2.45) is 0 Å². The van der Waals surface area contributed by atoms with Crippen LogP contribution >= 0.6 is 0 Å². The maximum absolute atomic E-state index is 10.1. The first-order valence-electron chi connectivity index (χ1n) is 13.7. The van der Waals surface area contributed by atoms with Crippen molar-refractivity contribution in [2.45, 2.75) is 102 Å². The molecule has 4 aliphatic rings. The fraction of sp³-hybridized carbons (Fsp3) is 0.600. The largest absolute Gasteiger partial charge is 0.507 e. The first kappa shape index (κ1) is 27.1. The van der Waals surface area contributed by atoms with Gasteiger partial charge in [0, 0.05) is 24.0 Å². The van der Waals surface area contributed by atoms with E-state index in [1.165, 1.54) is 12.8 Å². The average Bonchev–Trinajstić information content (AvgIpc) is 2.84. The van der Waals surface area contributed by atoms with Crippen LogP contribution in [0.1, 0.15) is 96.8 Å². The van der Waals surface area contributed by atoms with Crippen LogP contribution < -0.4 is 20.4 Å². The molecular formula is C30H42N2O6. The van der Waals surface area contributed by atoms with Crippen LogP contribution in [0, 0.1) is 27.7 Å². The van der Waals surface area contributed by atoms with Gasteiger partial charge in [0.2, 0.25) is 0 Å². The number of hydroxylamine groups is 2. The predicted octanol–water partition coefficient (Wildman–Crippen LogP) is 5.81. The summed E-state index contributed by atoms with van der Waals surface area (Å²) < 4.78 is 12.5. The molecule has 0 radical (unpaired) electrons. The molecule has 2 spiro atoms. The molecule has 0 bridgehead atoms. The van der Waals surface area contributed by atoms with Crippen LogP contribution in [0.4, 0.5) is 0 Å². The van der Waals surface area contributed by atoms with E-state index in [1.807, 2.05) is 39.8 Å². The van der Waals surface area contributed by atoms with E-state index in [2.05, 4.69) is 11.0 Å². The Balaban J connectivity index is 0.000000155. The monoisotopic (exact) mass is 526 g/mol. The van der Waals surface area contributed by atoms with Gasteiger partial charge in [-0.1, -0.05) is 0 Å². The van der Waals surface area contributed by atoms with E-state index < -0.39 is 0 Å². The molecule has 2 fully saturated rings. The highest BCUT2D eigenvalue weighted by atomic mass is 16.6. The molecule has 2 aromatic rings. The van der Waals surface area contributed by atoms with Gasteiger partial charge in [0.1, 0.15) is 34.2 Å². The van der Waals surface area contributed by atoms with Crippen LogP contribution in [0.3, 0.4) is 0 Å². The van der Waals surface area contributed by atoms with Crippen LogP contribution in [-0.2, 0) is 9.68 Å². The van der Waals surface area contributed by atoms with Gasteiger partial charge in [-0.15, -0.1) is 0 Å². The summed E-state index contributed by atoms with van der Waals surface area (Å²) in [7, 11) is 3.26. The van der Waals surface area contributed by atoms with Crippen molar-refractivity contribution in [3.05, 3.63) is 45.5 Å². The van der Waals surface area contributed by atoms with Crippen molar-refractivity contribution in [3.8, 4) is 23.0 Å². The molecule has 6 rings (SSSR count). The molecule has 208 valence electrons. The summed E-state index contributed by atoms with van der Waals surface area (Å²) in [5.41, 5.74) is 11.6. The maximum Gasteiger partial charge on any atom is 0.125 e. The van der Waals surface area contributed by atoms with Gasteiger partial charge >= 0.3 is 0 Å². The molecule has 8 nitrogen and oxygen atoms in total. The second-order valence-electron chi connectivity index (χ2n) is 11.6. The summed E-state index contributed by atoms with van der Waals surface area (Å²) in [6.45, 7) is 7.70. The summed E-state index contributed by atoms with van der Waals surface area (Å²) in [6, 6.07) is 4.06. The Morgan fingerprint density at radius 1 is 0.711 bits per heavy atom. The van der Waals surface area contributed by atoms with Gasteiger partial charge < -0.3 is 29.4 Å². The molecular weight excluding hydrogens is 484 g/mol. The van der Waals surface area contributed by atoms with E-state index in [0.29, 0.717) is 11.5 Å². The van der Waals surface area contributed by atoms with Crippen molar-refractivity contribution in [1.82, 2.24) is 11.0 Å². The zero-order valence-electron chi connectivity index (χ0n) is 23.5. The van der Waals surface area contributed by atoms with Crippen molar-refractivity contribution < 1.29 is 29.4 Å². The van der Waals surface area contributed by atoms with E-state index in [9.17, 15) is 10.2 Å². The topological polar surface area (TPSA) is 101 Å². The Hall–Kier alpha value is -2.52. The Bertz CT molecular complexity index is 1110. The highest BCUT2D eigenvalue weighted by molar-refractivity contribution is 5.55. The smallest absolute Gasteiger partial charge is 0.125 e. The molecule has 0 amide bonds. The van der Waals surface area contributed by atoms with Crippen LogP contribution in [0.5, 0.6) is 23.0 Å². The number of fused-ring (bicyclic) bond motifs is 2. The number of rotatable bonds is 4. The molecule has 2 saturated carbocycles. The highest BCUT2D eigenvalue weighted by Gasteiger charge is 2.47. The molecule has 0 unspecified atom stereocenters. The molecule has 2 aliphatic heterocycles. The number of aryl methyl sites for hydroxylation is 2. The van der Waals surface area contributed by atoms with E-state index in [-0.39, 0.29) is 23.3 Å².